The molecular weight excluding hydrogens is 316 g/mol. The van der Waals surface area contributed by atoms with E-state index in [1.165, 1.54) is 37.4 Å². The second kappa shape index (κ2) is 9.54. The number of aromatic nitrogens is 3. The fraction of sp³-hybridized carbons (Fsp3) is 0.733. The summed E-state index contributed by atoms with van der Waals surface area (Å²) >= 11 is 1.32. The molecule has 1 heterocycles. The summed E-state index contributed by atoms with van der Waals surface area (Å²) in [5.41, 5.74) is 0. The Morgan fingerprint density at radius 3 is 2.91 bits per heavy atom. The van der Waals surface area contributed by atoms with Gasteiger partial charge in [0, 0.05) is 18.9 Å². The average molecular weight is 340 g/mol. The minimum absolute atomic E-state index is 0.0777. The molecule has 1 aromatic rings. The number of thioether (sulfide) groups is 1. The number of H-pyrrole nitrogens is 1. The van der Waals surface area contributed by atoms with Gasteiger partial charge < -0.3 is 10.1 Å². The van der Waals surface area contributed by atoms with Crippen LogP contribution < -0.4 is 5.32 Å². The Kier molecular flexibility index (Phi) is 7.38. The number of nitrogens with zero attached hydrogens (tertiary/aromatic N) is 2. The van der Waals surface area contributed by atoms with Gasteiger partial charge in [0.05, 0.1) is 12.4 Å². The van der Waals surface area contributed by atoms with Gasteiger partial charge >= 0.3 is 5.97 Å². The molecule has 0 saturated heterocycles. The number of esters is 1. The highest BCUT2D eigenvalue weighted by atomic mass is 32.2. The number of carbonyl (C=O) groups excluding carboxylic acids is 2. The molecule has 0 spiro atoms. The van der Waals surface area contributed by atoms with Gasteiger partial charge in [-0.15, -0.1) is 5.10 Å². The first-order valence-electron chi connectivity index (χ1n) is 8.16. The second-order valence-electron chi connectivity index (χ2n) is 5.53. The van der Waals surface area contributed by atoms with Crippen LogP contribution in [0.3, 0.4) is 0 Å². The molecule has 0 bridgehead atoms. The van der Waals surface area contributed by atoms with Gasteiger partial charge in [0.2, 0.25) is 11.1 Å². The van der Waals surface area contributed by atoms with Crippen molar-refractivity contribution in [2.45, 2.75) is 56.5 Å². The summed E-state index contributed by atoms with van der Waals surface area (Å²) in [7, 11) is 0. The molecule has 1 saturated carbocycles. The predicted octanol–water partition coefficient (Wildman–Crippen LogP) is 2.01. The maximum atomic E-state index is 11.7. The van der Waals surface area contributed by atoms with Gasteiger partial charge in [-0.2, -0.15) is 0 Å². The molecule has 7 nitrogen and oxygen atoms in total. The van der Waals surface area contributed by atoms with Crippen LogP contribution in [0.25, 0.3) is 0 Å². The average Bonchev–Trinajstić information content (AvgIpc) is 3.20. The Hall–Kier alpha value is -1.57. The van der Waals surface area contributed by atoms with Gasteiger partial charge in [-0.25, -0.2) is 4.98 Å². The van der Waals surface area contributed by atoms with Gasteiger partial charge in [0.1, 0.15) is 5.82 Å². The van der Waals surface area contributed by atoms with Crippen LogP contribution >= 0.6 is 11.8 Å². The normalized spacial score (nSPS) is 14.8. The SMILES string of the molecule is CCOC(=O)CCCNC(=O)CSc1n[nH]c(C2CCCC2)n1. The van der Waals surface area contributed by atoms with Crippen molar-refractivity contribution in [1.29, 1.82) is 0 Å². The first-order valence-corrected chi connectivity index (χ1v) is 9.15. The number of aromatic amines is 1. The lowest BCUT2D eigenvalue weighted by Crippen LogP contribution is -2.26. The molecule has 1 aliphatic carbocycles. The molecular formula is C15H24N4O3S. The zero-order valence-electron chi connectivity index (χ0n) is 13.5. The van der Waals surface area contributed by atoms with Crippen molar-refractivity contribution in [3.05, 3.63) is 5.82 Å². The van der Waals surface area contributed by atoms with E-state index in [0.29, 0.717) is 37.1 Å². The number of amides is 1. The van der Waals surface area contributed by atoms with E-state index < -0.39 is 0 Å². The summed E-state index contributed by atoms with van der Waals surface area (Å²) in [5, 5.41) is 10.5. The molecule has 128 valence electrons. The second-order valence-corrected chi connectivity index (χ2v) is 6.47. The van der Waals surface area contributed by atoms with Crippen molar-refractivity contribution < 1.29 is 14.3 Å². The van der Waals surface area contributed by atoms with Crippen molar-refractivity contribution >= 4 is 23.6 Å². The molecule has 0 radical (unpaired) electrons. The highest BCUT2D eigenvalue weighted by molar-refractivity contribution is 7.99. The zero-order valence-corrected chi connectivity index (χ0v) is 14.3. The van der Waals surface area contributed by atoms with Crippen molar-refractivity contribution in [2.75, 3.05) is 18.9 Å². The Balaban J connectivity index is 1.60. The lowest BCUT2D eigenvalue weighted by atomic mass is 10.1. The Morgan fingerprint density at radius 2 is 2.17 bits per heavy atom. The van der Waals surface area contributed by atoms with Crippen LogP contribution in [0.2, 0.25) is 0 Å². The molecule has 8 heteroatoms. The summed E-state index contributed by atoms with van der Waals surface area (Å²) < 4.78 is 4.82. The number of rotatable bonds is 9. The van der Waals surface area contributed by atoms with Crippen LogP contribution in [0, 0.1) is 0 Å². The monoisotopic (exact) mass is 340 g/mol. The van der Waals surface area contributed by atoms with E-state index in [2.05, 4.69) is 20.5 Å². The number of carbonyl (C=O) groups is 2. The van der Waals surface area contributed by atoms with Crippen LogP contribution in [-0.4, -0.2) is 46.0 Å². The Bertz CT molecular complexity index is 515. The predicted molar refractivity (Wildman–Crippen MR) is 87.2 cm³/mol. The summed E-state index contributed by atoms with van der Waals surface area (Å²) in [5.74, 6) is 1.41. The molecule has 2 N–H and O–H groups in total. The molecule has 23 heavy (non-hydrogen) atoms. The molecule has 0 atom stereocenters. The molecule has 1 aliphatic rings. The van der Waals surface area contributed by atoms with Crippen LogP contribution in [-0.2, 0) is 14.3 Å². The molecule has 0 unspecified atom stereocenters. The smallest absolute Gasteiger partial charge is 0.305 e. The van der Waals surface area contributed by atoms with E-state index in [9.17, 15) is 9.59 Å². The van der Waals surface area contributed by atoms with Crippen LogP contribution in [0.15, 0.2) is 5.16 Å². The van der Waals surface area contributed by atoms with Crippen molar-refractivity contribution in [2.24, 2.45) is 0 Å². The van der Waals surface area contributed by atoms with Crippen molar-refractivity contribution in [3.8, 4) is 0 Å². The third-order valence-electron chi connectivity index (χ3n) is 3.74. The minimum Gasteiger partial charge on any atom is -0.466 e. The van der Waals surface area contributed by atoms with E-state index in [4.69, 9.17) is 4.74 Å². The number of hydrogen-bond acceptors (Lipinski definition) is 6. The third kappa shape index (κ3) is 6.21. The Morgan fingerprint density at radius 1 is 1.39 bits per heavy atom. The maximum absolute atomic E-state index is 11.7. The third-order valence-corrected chi connectivity index (χ3v) is 4.59. The maximum Gasteiger partial charge on any atom is 0.305 e. The molecule has 2 rings (SSSR count). The van der Waals surface area contributed by atoms with Gasteiger partial charge in [0.25, 0.3) is 0 Å². The topological polar surface area (TPSA) is 97.0 Å². The summed E-state index contributed by atoms with van der Waals surface area (Å²) in [6.45, 7) is 2.64. The fourth-order valence-electron chi connectivity index (χ4n) is 2.58. The van der Waals surface area contributed by atoms with Gasteiger partial charge in [-0.1, -0.05) is 24.6 Å². The fourth-order valence-corrected chi connectivity index (χ4v) is 3.21. The van der Waals surface area contributed by atoms with Crippen LogP contribution in [0.5, 0.6) is 0 Å². The molecule has 1 amide bonds. The van der Waals surface area contributed by atoms with E-state index in [0.717, 1.165) is 5.82 Å². The van der Waals surface area contributed by atoms with Crippen molar-refractivity contribution in [3.63, 3.8) is 0 Å². The molecule has 1 aromatic heterocycles. The van der Waals surface area contributed by atoms with E-state index in [1.807, 2.05) is 0 Å². The lowest BCUT2D eigenvalue weighted by molar-refractivity contribution is -0.143. The van der Waals surface area contributed by atoms with Crippen LogP contribution in [0.4, 0.5) is 0 Å². The first kappa shape index (κ1) is 17.8. The van der Waals surface area contributed by atoms with Gasteiger partial charge in [-0.05, 0) is 26.2 Å². The Labute approximate surface area is 140 Å². The zero-order chi connectivity index (χ0) is 16.5. The first-order chi connectivity index (χ1) is 11.2. The minimum atomic E-state index is -0.226. The lowest BCUT2D eigenvalue weighted by Gasteiger charge is -2.04. The highest BCUT2D eigenvalue weighted by Gasteiger charge is 2.20. The standard InChI is InChI=1S/C15H24N4O3S/c1-2-22-13(21)8-5-9-16-12(20)10-23-15-17-14(18-19-15)11-6-3-4-7-11/h11H,2-10H2,1H3,(H,16,20)(H,17,18,19). The molecule has 1 fully saturated rings. The summed E-state index contributed by atoms with van der Waals surface area (Å²) in [6, 6.07) is 0. The summed E-state index contributed by atoms with van der Waals surface area (Å²) in [6.07, 6.45) is 5.75. The molecule has 0 aromatic carbocycles. The van der Waals surface area contributed by atoms with E-state index >= 15 is 0 Å². The highest BCUT2D eigenvalue weighted by Crippen LogP contribution is 2.32. The van der Waals surface area contributed by atoms with Crippen LogP contribution in [0.1, 0.15) is 57.2 Å². The van der Waals surface area contributed by atoms with Crippen molar-refractivity contribution in [1.82, 2.24) is 20.5 Å². The number of hydrogen-bond donors (Lipinski definition) is 2. The van der Waals surface area contributed by atoms with E-state index in [1.54, 1.807) is 6.92 Å². The summed E-state index contributed by atoms with van der Waals surface area (Å²) in [4.78, 5) is 27.3. The number of ether oxygens (including phenoxy) is 1. The molecule has 0 aliphatic heterocycles. The quantitative estimate of drug-likeness (QED) is 0.405. The van der Waals surface area contributed by atoms with Gasteiger partial charge in [0.15, 0.2) is 0 Å². The largest absolute Gasteiger partial charge is 0.466 e. The van der Waals surface area contributed by atoms with Gasteiger partial charge in [-0.3, -0.25) is 14.7 Å². The van der Waals surface area contributed by atoms with E-state index in [-0.39, 0.29) is 17.6 Å². The number of nitrogens with one attached hydrogen (secondary N) is 2.